The number of aryl methyl sites for hydroxylation is 2. The van der Waals surface area contributed by atoms with E-state index in [9.17, 15) is 14.0 Å². The third-order valence-corrected chi connectivity index (χ3v) is 8.44. The van der Waals surface area contributed by atoms with Gasteiger partial charge in [0.2, 0.25) is 0 Å². The van der Waals surface area contributed by atoms with E-state index in [1.54, 1.807) is 0 Å². The first-order valence-corrected chi connectivity index (χ1v) is 18.7. The average molecular weight is 611 g/mol. The van der Waals surface area contributed by atoms with Gasteiger partial charge in [-0.25, -0.2) is 9.55 Å². The van der Waals surface area contributed by atoms with Crippen LogP contribution in [0.3, 0.4) is 0 Å². The number of rotatable bonds is 15. The molecule has 0 aromatic carbocycles. The molecule has 0 aliphatic rings. The summed E-state index contributed by atoms with van der Waals surface area (Å²) in [6.45, 7) is 18.4. The standard InChI is InChI=1S/C14H26N2.2C8H19O3P/c1-3-4-5-6-7-8-9-10-11-14-15-12-13-16(14)2;2*1-7(5-8(2,3)4)6-12(9,10)11/h12-13H,3-11H2,1-2H3;2*7H,5-6H2,1-4H3,(H2,9,10,11). The monoisotopic (exact) mass is 610 g/mol. The van der Waals surface area contributed by atoms with Crippen LogP contribution in [-0.4, -0.2) is 32.0 Å². The third kappa shape index (κ3) is 32.0. The SMILES string of the molecule is CC(CC(C)(C)C)CP(=O)(O)O.CC(CC(C)(C)C)CP(=O)([O-])O.CCCCCCCCCCc1[nH]cc[n+]1C. The first kappa shape index (κ1) is 41.6. The molecule has 1 heterocycles. The third-order valence-electron chi connectivity index (χ3n) is 6.25. The van der Waals surface area contributed by atoms with E-state index in [4.69, 9.17) is 14.7 Å². The van der Waals surface area contributed by atoms with Gasteiger partial charge in [0.25, 0.3) is 5.82 Å². The summed E-state index contributed by atoms with van der Waals surface area (Å²) in [6.07, 6.45) is 18.0. The molecule has 40 heavy (non-hydrogen) atoms. The molecule has 0 radical (unpaired) electrons. The lowest BCUT2D eigenvalue weighted by atomic mass is 9.86. The van der Waals surface area contributed by atoms with Gasteiger partial charge in [0.1, 0.15) is 20.0 Å². The zero-order valence-electron chi connectivity index (χ0n) is 27.4. The van der Waals surface area contributed by atoms with E-state index < -0.39 is 15.2 Å². The molecule has 0 spiro atoms. The Kier molecular flexibility index (Phi) is 21.3. The second-order valence-electron chi connectivity index (χ2n) is 14.1. The topological polar surface area (TPSA) is 138 Å². The van der Waals surface area contributed by atoms with E-state index in [-0.39, 0.29) is 35.0 Å². The summed E-state index contributed by atoms with van der Waals surface area (Å²) in [4.78, 5) is 39.8. The van der Waals surface area contributed by atoms with Crippen molar-refractivity contribution in [1.82, 2.24) is 4.98 Å². The summed E-state index contributed by atoms with van der Waals surface area (Å²) in [5, 5.41) is 0. The Morgan fingerprint density at radius 2 is 1.25 bits per heavy atom. The molecule has 4 N–H and O–H groups in total. The summed E-state index contributed by atoms with van der Waals surface area (Å²) in [7, 11) is -5.76. The first-order valence-electron chi connectivity index (χ1n) is 15.1. The lowest BCUT2D eigenvalue weighted by molar-refractivity contribution is -0.677. The molecule has 1 aromatic rings. The fourth-order valence-corrected chi connectivity index (χ4v) is 6.99. The fraction of sp³-hybridized carbons (Fsp3) is 0.900. The first-order chi connectivity index (χ1) is 18.0. The minimum Gasteiger partial charge on any atom is -0.779 e. The molecule has 0 bridgehead atoms. The van der Waals surface area contributed by atoms with Gasteiger partial charge in [0.05, 0.1) is 13.2 Å². The Balaban J connectivity index is 0. The van der Waals surface area contributed by atoms with Gasteiger partial charge in [-0.2, -0.15) is 0 Å². The molecule has 10 heteroatoms. The molecule has 3 atom stereocenters. The normalized spacial score (nSPS) is 15.2. The molecule has 1 rings (SSSR count). The number of hydrogen-bond donors (Lipinski definition) is 4. The number of H-pyrrole nitrogens is 1. The highest BCUT2D eigenvalue weighted by molar-refractivity contribution is 7.51. The number of hydrogen-bond acceptors (Lipinski definition) is 3. The van der Waals surface area contributed by atoms with Crippen LogP contribution in [0.15, 0.2) is 12.4 Å². The van der Waals surface area contributed by atoms with Crippen molar-refractivity contribution >= 4 is 15.2 Å². The van der Waals surface area contributed by atoms with Gasteiger partial charge in [0.15, 0.2) is 0 Å². The largest absolute Gasteiger partial charge is 0.779 e. The van der Waals surface area contributed by atoms with Gasteiger partial charge in [-0.3, -0.25) is 4.57 Å². The number of nitrogens with one attached hydrogen (secondary N) is 1. The van der Waals surface area contributed by atoms with Crippen molar-refractivity contribution in [3.05, 3.63) is 18.2 Å². The number of imidazole rings is 1. The van der Waals surface area contributed by atoms with E-state index in [0.717, 1.165) is 12.8 Å². The van der Waals surface area contributed by atoms with Crippen LogP contribution in [-0.2, 0) is 22.6 Å². The Hall–Kier alpha value is -0.490. The number of nitrogens with zero attached hydrogens (tertiary/aromatic N) is 1. The second kappa shape index (κ2) is 20.4. The van der Waals surface area contributed by atoms with Crippen LogP contribution in [0.1, 0.15) is 132 Å². The van der Waals surface area contributed by atoms with Crippen LogP contribution in [0, 0.1) is 22.7 Å². The predicted molar refractivity (Wildman–Crippen MR) is 166 cm³/mol. The maximum absolute atomic E-state index is 10.6. The quantitative estimate of drug-likeness (QED) is 0.0930. The molecule has 0 saturated carbocycles. The van der Waals surface area contributed by atoms with Gasteiger partial charge in [-0.1, -0.05) is 107 Å². The minimum absolute atomic E-state index is 0.00424. The molecule has 0 fully saturated rings. The molecular formula is C30H64N2O6P2. The predicted octanol–water partition coefficient (Wildman–Crippen LogP) is 7.36. The van der Waals surface area contributed by atoms with Crippen molar-refractivity contribution in [2.24, 2.45) is 29.7 Å². The van der Waals surface area contributed by atoms with Crippen LogP contribution in [0.5, 0.6) is 0 Å². The van der Waals surface area contributed by atoms with Gasteiger partial charge >= 0.3 is 7.60 Å². The minimum atomic E-state index is -4.06. The van der Waals surface area contributed by atoms with Crippen LogP contribution < -0.4 is 9.46 Å². The Morgan fingerprint density at radius 1 is 0.825 bits per heavy atom. The van der Waals surface area contributed by atoms with Crippen molar-refractivity contribution in [3.63, 3.8) is 0 Å². The summed E-state index contributed by atoms with van der Waals surface area (Å²) in [6, 6.07) is 0. The Labute approximate surface area is 246 Å². The Morgan fingerprint density at radius 3 is 1.60 bits per heavy atom. The van der Waals surface area contributed by atoms with Gasteiger partial charge in [-0.05, 0) is 41.9 Å². The lowest BCUT2D eigenvalue weighted by Gasteiger charge is -2.26. The van der Waals surface area contributed by atoms with E-state index in [1.807, 2.05) is 20.0 Å². The second-order valence-corrected chi connectivity index (χ2v) is 17.5. The van der Waals surface area contributed by atoms with E-state index in [2.05, 4.69) is 71.3 Å². The summed E-state index contributed by atoms with van der Waals surface area (Å²) in [5.41, 5.74) is 0.267. The van der Waals surface area contributed by atoms with Crippen molar-refractivity contribution < 1.29 is 33.3 Å². The zero-order valence-corrected chi connectivity index (χ0v) is 29.2. The lowest BCUT2D eigenvalue weighted by Crippen LogP contribution is -2.30. The average Bonchev–Trinajstić information content (AvgIpc) is 3.10. The summed E-state index contributed by atoms with van der Waals surface area (Å²) < 4.78 is 23.3. The molecule has 8 nitrogen and oxygen atoms in total. The highest BCUT2D eigenvalue weighted by Crippen LogP contribution is 2.39. The summed E-state index contributed by atoms with van der Waals surface area (Å²) in [5.74, 6) is 1.47. The molecule has 0 aliphatic heterocycles. The van der Waals surface area contributed by atoms with Crippen LogP contribution in [0.4, 0.5) is 0 Å². The highest BCUT2D eigenvalue weighted by atomic mass is 31.2. The van der Waals surface area contributed by atoms with Gasteiger partial charge < -0.3 is 24.1 Å². The van der Waals surface area contributed by atoms with Crippen molar-refractivity contribution in [2.45, 2.75) is 133 Å². The van der Waals surface area contributed by atoms with Crippen molar-refractivity contribution in [2.75, 3.05) is 12.3 Å². The van der Waals surface area contributed by atoms with Crippen LogP contribution >= 0.6 is 15.2 Å². The van der Waals surface area contributed by atoms with Crippen molar-refractivity contribution in [1.29, 1.82) is 0 Å². The van der Waals surface area contributed by atoms with Gasteiger partial charge in [-0.15, -0.1) is 0 Å². The molecule has 0 aliphatic carbocycles. The number of aromatic nitrogens is 2. The van der Waals surface area contributed by atoms with Crippen molar-refractivity contribution in [3.8, 4) is 0 Å². The zero-order chi connectivity index (χ0) is 31.6. The smallest absolute Gasteiger partial charge is 0.325 e. The van der Waals surface area contributed by atoms with E-state index in [1.165, 1.54) is 63.6 Å². The fourth-order valence-electron chi connectivity index (χ4n) is 5.13. The van der Waals surface area contributed by atoms with Crippen LogP contribution in [0.2, 0.25) is 0 Å². The van der Waals surface area contributed by atoms with Gasteiger partial charge in [0, 0.05) is 12.6 Å². The maximum atomic E-state index is 10.6. The number of aromatic amines is 1. The van der Waals surface area contributed by atoms with Crippen LogP contribution in [0.25, 0.3) is 0 Å². The molecule has 0 saturated heterocycles. The molecule has 0 amide bonds. The molecule has 1 aromatic heterocycles. The highest BCUT2D eigenvalue weighted by Gasteiger charge is 2.22. The molecular weight excluding hydrogens is 546 g/mol. The van der Waals surface area contributed by atoms with E-state index >= 15 is 0 Å². The maximum Gasteiger partial charge on any atom is 0.325 e. The Bertz CT molecular complexity index is 807. The summed E-state index contributed by atoms with van der Waals surface area (Å²) >= 11 is 0. The van der Waals surface area contributed by atoms with E-state index in [0.29, 0.717) is 0 Å². The molecule has 240 valence electrons. The number of unbranched alkanes of at least 4 members (excludes halogenated alkanes) is 7. The molecule has 3 unspecified atom stereocenters.